The van der Waals surface area contributed by atoms with Crippen LogP contribution in [0.15, 0.2) is 35.2 Å². The maximum absolute atomic E-state index is 3.21. The predicted octanol–water partition coefficient (Wildman–Crippen LogP) is 2.81. The van der Waals surface area contributed by atoms with Crippen LogP contribution in [-0.2, 0) is 0 Å². The van der Waals surface area contributed by atoms with Crippen molar-refractivity contribution in [3.05, 3.63) is 30.3 Å². The van der Waals surface area contributed by atoms with Gasteiger partial charge < -0.3 is 5.32 Å². The molecule has 1 atom stereocenters. The number of benzene rings is 1. The maximum atomic E-state index is 3.21. The topological polar surface area (TPSA) is 12.0 Å². The molecule has 0 spiro atoms. The summed E-state index contributed by atoms with van der Waals surface area (Å²) >= 11 is 1.89. The highest BCUT2D eigenvalue weighted by molar-refractivity contribution is 7.99. The van der Waals surface area contributed by atoms with E-state index in [1.165, 1.54) is 4.90 Å². The van der Waals surface area contributed by atoms with E-state index in [2.05, 4.69) is 36.5 Å². The first kappa shape index (κ1) is 12.8. The lowest BCUT2D eigenvalue weighted by molar-refractivity contribution is 0.677. The lowest BCUT2D eigenvalue weighted by Gasteiger charge is -2.08. The van der Waals surface area contributed by atoms with E-state index >= 15 is 0 Å². The second-order valence-electron chi connectivity index (χ2n) is 2.81. The van der Waals surface area contributed by atoms with Crippen molar-refractivity contribution in [3.63, 3.8) is 0 Å². The summed E-state index contributed by atoms with van der Waals surface area (Å²) in [6.45, 7) is 2.19. The van der Waals surface area contributed by atoms with Gasteiger partial charge in [-0.15, -0.1) is 24.2 Å². The van der Waals surface area contributed by atoms with E-state index in [0.717, 1.165) is 5.75 Å². The molecule has 1 aromatic carbocycles. The van der Waals surface area contributed by atoms with Crippen molar-refractivity contribution < 1.29 is 0 Å². The third kappa shape index (κ3) is 5.19. The zero-order valence-corrected chi connectivity index (χ0v) is 9.62. The largest absolute Gasteiger partial charge is 0.316 e. The molecule has 1 aromatic rings. The van der Waals surface area contributed by atoms with Crippen LogP contribution in [0.1, 0.15) is 6.92 Å². The summed E-state index contributed by atoms with van der Waals surface area (Å²) in [6, 6.07) is 11.1. The summed E-state index contributed by atoms with van der Waals surface area (Å²) < 4.78 is 0. The molecule has 0 heterocycles. The molecule has 74 valence electrons. The normalized spacial score (nSPS) is 11.8. The minimum Gasteiger partial charge on any atom is -0.316 e. The van der Waals surface area contributed by atoms with E-state index in [1.807, 2.05) is 24.9 Å². The fraction of sp³-hybridized carbons (Fsp3) is 0.400. The minimum absolute atomic E-state index is 0. The van der Waals surface area contributed by atoms with Gasteiger partial charge >= 0.3 is 0 Å². The number of hydrogen-bond acceptors (Lipinski definition) is 2. The fourth-order valence-electron chi connectivity index (χ4n) is 0.821. The molecule has 13 heavy (non-hydrogen) atoms. The molecule has 0 amide bonds. The highest BCUT2D eigenvalue weighted by Gasteiger charge is 1.98. The van der Waals surface area contributed by atoms with Gasteiger partial charge in [-0.3, -0.25) is 0 Å². The molecule has 1 N–H and O–H groups in total. The monoisotopic (exact) mass is 217 g/mol. The molecule has 1 unspecified atom stereocenters. The van der Waals surface area contributed by atoms with E-state index in [-0.39, 0.29) is 12.4 Å². The third-order valence-electron chi connectivity index (χ3n) is 1.74. The number of rotatable bonds is 4. The lowest BCUT2D eigenvalue weighted by Crippen LogP contribution is -2.23. The molecule has 3 heteroatoms. The molecular weight excluding hydrogens is 202 g/mol. The van der Waals surface area contributed by atoms with Gasteiger partial charge in [0.2, 0.25) is 0 Å². The van der Waals surface area contributed by atoms with Crippen LogP contribution in [-0.4, -0.2) is 18.8 Å². The standard InChI is InChI=1S/C10H15NS.ClH/c1-9(11-2)8-12-10-6-4-3-5-7-10;/h3-7,9,11H,8H2,1-2H3;1H. The highest BCUT2D eigenvalue weighted by Crippen LogP contribution is 2.17. The Bertz CT molecular complexity index is 215. The Morgan fingerprint density at radius 2 is 1.92 bits per heavy atom. The molecular formula is C10H16ClNS. The zero-order valence-electron chi connectivity index (χ0n) is 7.99. The van der Waals surface area contributed by atoms with Gasteiger partial charge in [0.05, 0.1) is 0 Å². The van der Waals surface area contributed by atoms with Crippen molar-refractivity contribution >= 4 is 24.2 Å². The van der Waals surface area contributed by atoms with Crippen LogP contribution < -0.4 is 5.32 Å². The lowest BCUT2D eigenvalue weighted by atomic mass is 10.4. The van der Waals surface area contributed by atoms with Crippen LogP contribution >= 0.6 is 24.2 Å². The van der Waals surface area contributed by atoms with Gasteiger partial charge in [-0.05, 0) is 26.1 Å². The van der Waals surface area contributed by atoms with Gasteiger partial charge in [-0.25, -0.2) is 0 Å². The molecule has 0 aliphatic rings. The van der Waals surface area contributed by atoms with Crippen LogP contribution in [0.5, 0.6) is 0 Å². The van der Waals surface area contributed by atoms with Gasteiger partial charge in [-0.2, -0.15) is 0 Å². The van der Waals surface area contributed by atoms with Crippen LogP contribution in [0.4, 0.5) is 0 Å². The molecule has 0 aliphatic heterocycles. The second kappa shape index (κ2) is 7.25. The number of halogens is 1. The van der Waals surface area contributed by atoms with Crippen LogP contribution in [0.25, 0.3) is 0 Å². The minimum atomic E-state index is 0. The third-order valence-corrected chi connectivity index (χ3v) is 3.01. The maximum Gasteiger partial charge on any atom is 0.0132 e. The molecule has 0 saturated heterocycles. The first-order valence-electron chi connectivity index (χ1n) is 4.18. The summed E-state index contributed by atoms with van der Waals surface area (Å²) in [4.78, 5) is 1.35. The Labute approximate surface area is 90.7 Å². The SMILES string of the molecule is CNC(C)CSc1ccccc1.Cl. The summed E-state index contributed by atoms with van der Waals surface area (Å²) in [7, 11) is 2.00. The van der Waals surface area contributed by atoms with Gasteiger partial charge in [-0.1, -0.05) is 18.2 Å². The van der Waals surface area contributed by atoms with E-state index in [1.54, 1.807) is 0 Å². The second-order valence-corrected chi connectivity index (χ2v) is 3.91. The van der Waals surface area contributed by atoms with Crippen LogP contribution in [0, 0.1) is 0 Å². The fourth-order valence-corrected chi connectivity index (χ4v) is 1.78. The van der Waals surface area contributed by atoms with E-state index in [9.17, 15) is 0 Å². The number of thioether (sulfide) groups is 1. The molecule has 0 saturated carbocycles. The Kier molecular flexibility index (Phi) is 7.14. The van der Waals surface area contributed by atoms with Gasteiger partial charge in [0, 0.05) is 16.7 Å². The molecule has 0 radical (unpaired) electrons. The van der Waals surface area contributed by atoms with Gasteiger partial charge in [0.1, 0.15) is 0 Å². The number of hydrogen-bond donors (Lipinski definition) is 1. The van der Waals surface area contributed by atoms with Crippen molar-refractivity contribution in [1.82, 2.24) is 5.32 Å². The average molecular weight is 218 g/mol. The Morgan fingerprint density at radius 3 is 2.46 bits per heavy atom. The smallest absolute Gasteiger partial charge is 0.0132 e. The Hall–Kier alpha value is -0.180. The predicted molar refractivity (Wildman–Crippen MR) is 62.9 cm³/mol. The first-order valence-corrected chi connectivity index (χ1v) is 5.16. The first-order chi connectivity index (χ1) is 5.83. The summed E-state index contributed by atoms with van der Waals surface area (Å²) in [5, 5.41) is 3.21. The summed E-state index contributed by atoms with van der Waals surface area (Å²) in [6.07, 6.45) is 0. The van der Waals surface area contributed by atoms with Gasteiger partial charge in [0.15, 0.2) is 0 Å². The molecule has 1 rings (SSSR count). The van der Waals surface area contributed by atoms with Crippen molar-refractivity contribution in [2.45, 2.75) is 17.9 Å². The number of nitrogens with one attached hydrogen (secondary N) is 1. The van der Waals surface area contributed by atoms with Crippen molar-refractivity contribution in [2.75, 3.05) is 12.8 Å². The molecule has 0 bridgehead atoms. The highest BCUT2D eigenvalue weighted by atomic mass is 35.5. The van der Waals surface area contributed by atoms with E-state index < -0.39 is 0 Å². The van der Waals surface area contributed by atoms with Gasteiger partial charge in [0.25, 0.3) is 0 Å². The van der Waals surface area contributed by atoms with Crippen molar-refractivity contribution in [1.29, 1.82) is 0 Å². The Balaban J connectivity index is 0.00000144. The summed E-state index contributed by atoms with van der Waals surface area (Å²) in [5.74, 6) is 1.13. The quantitative estimate of drug-likeness (QED) is 0.779. The summed E-state index contributed by atoms with van der Waals surface area (Å²) in [5.41, 5.74) is 0. The molecule has 1 nitrogen and oxygen atoms in total. The zero-order chi connectivity index (χ0) is 8.81. The van der Waals surface area contributed by atoms with Crippen LogP contribution in [0.3, 0.4) is 0 Å². The van der Waals surface area contributed by atoms with Crippen LogP contribution in [0.2, 0.25) is 0 Å². The van der Waals surface area contributed by atoms with E-state index in [4.69, 9.17) is 0 Å². The molecule has 0 aromatic heterocycles. The van der Waals surface area contributed by atoms with Crippen molar-refractivity contribution in [2.24, 2.45) is 0 Å². The molecule has 0 fully saturated rings. The van der Waals surface area contributed by atoms with E-state index in [0.29, 0.717) is 6.04 Å². The average Bonchev–Trinajstić information content (AvgIpc) is 2.16. The molecule has 0 aliphatic carbocycles. The van der Waals surface area contributed by atoms with Crippen molar-refractivity contribution in [3.8, 4) is 0 Å². The Morgan fingerprint density at radius 1 is 1.31 bits per heavy atom.